The summed E-state index contributed by atoms with van der Waals surface area (Å²) in [7, 11) is 0. The van der Waals surface area contributed by atoms with Crippen LogP contribution in [0.3, 0.4) is 0 Å². The number of benzene rings is 3. The SMILES string of the molecule is O=C(CCc1ccccc1)Nc1cccc(NC(=O)c2cc([N+](=O)[O-])cc([N+](=O)[O-])c2)c1. The van der Waals surface area contributed by atoms with E-state index in [-0.39, 0.29) is 17.9 Å². The highest BCUT2D eigenvalue weighted by atomic mass is 16.6. The fraction of sp³-hybridized carbons (Fsp3) is 0.0909. The molecule has 0 saturated heterocycles. The first-order valence-electron chi connectivity index (χ1n) is 9.51. The van der Waals surface area contributed by atoms with Gasteiger partial charge in [0.15, 0.2) is 0 Å². The van der Waals surface area contributed by atoms with Crippen molar-refractivity contribution < 1.29 is 19.4 Å². The molecular formula is C22H18N4O6. The van der Waals surface area contributed by atoms with E-state index in [1.807, 2.05) is 30.3 Å². The molecule has 0 aliphatic rings. The van der Waals surface area contributed by atoms with Crippen molar-refractivity contribution in [3.8, 4) is 0 Å². The van der Waals surface area contributed by atoms with Gasteiger partial charge in [0.2, 0.25) is 5.91 Å². The van der Waals surface area contributed by atoms with E-state index in [1.54, 1.807) is 18.2 Å². The summed E-state index contributed by atoms with van der Waals surface area (Å²) in [6.07, 6.45) is 0.854. The highest BCUT2D eigenvalue weighted by Crippen LogP contribution is 2.24. The first-order chi connectivity index (χ1) is 15.3. The van der Waals surface area contributed by atoms with Crippen LogP contribution in [0.25, 0.3) is 0 Å². The standard InChI is InChI=1S/C22H18N4O6/c27-21(10-9-15-5-2-1-3-6-15)23-17-7-4-8-18(13-17)24-22(28)16-11-19(25(29)30)14-20(12-16)26(31)32/h1-8,11-14H,9-10H2,(H,23,27)(H,24,28). The molecule has 0 fully saturated rings. The van der Waals surface area contributed by atoms with Crippen LogP contribution in [0.15, 0.2) is 72.8 Å². The van der Waals surface area contributed by atoms with Gasteiger partial charge in [0, 0.05) is 29.9 Å². The zero-order valence-corrected chi connectivity index (χ0v) is 16.7. The Morgan fingerprint density at radius 1 is 0.750 bits per heavy atom. The number of carbonyl (C=O) groups excluding carboxylic acids is 2. The summed E-state index contributed by atoms with van der Waals surface area (Å²) in [4.78, 5) is 45.1. The number of carbonyl (C=O) groups is 2. The molecule has 10 heteroatoms. The lowest BCUT2D eigenvalue weighted by molar-refractivity contribution is -0.394. The number of non-ortho nitro benzene ring substituents is 2. The van der Waals surface area contributed by atoms with Gasteiger partial charge in [0.25, 0.3) is 17.3 Å². The van der Waals surface area contributed by atoms with Gasteiger partial charge in [-0.1, -0.05) is 36.4 Å². The van der Waals surface area contributed by atoms with Gasteiger partial charge in [-0.25, -0.2) is 0 Å². The zero-order valence-electron chi connectivity index (χ0n) is 16.7. The molecule has 2 N–H and O–H groups in total. The summed E-state index contributed by atoms with van der Waals surface area (Å²) >= 11 is 0. The molecule has 2 amide bonds. The van der Waals surface area contributed by atoms with Crippen molar-refractivity contribution in [2.75, 3.05) is 10.6 Å². The number of hydrogen-bond donors (Lipinski definition) is 2. The monoisotopic (exact) mass is 434 g/mol. The molecule has 3 aromatic rings. The van der Waals surface area contributed by atoms with E-state index in [2.05, 4.69) is 10.6 Å². The number of nitro benzene ring substituents is 2. The molecule has 0 bridgehead atoms. The molecule has 0 aliphatic heterocycles. The Morgan fingerprint density at radius 3 is 1.94 bits per heavy atom. The molecule has 3 rings (SSSR count). The van der Waals surface area contributed by atoms with E-state index in [0.29, 0.717) is 17.8 Å². The van der Waals surface area contributed by atoms with Gasteiger partial charge in [-0.3, -0.25) is 29.8 Å². The van der Waals surface area contributed by atoms with Crippen LogP contribution in [0.5, 0.6) is 0 Å². The normalized spacial score (nSPS) is 10.2. The molecule has 0 aromatic heterocycles. The largest absolute Gasteiger partial charge is 0.326 e. The summed E-state index contributed by atoms with van der Waals surface area (Å²) < 4.78 is 0. The fourth-order valence-corrected chi connectivity index (χ4v) is 2.94. The van der Waals surface area contributed by atoms with Gasteiger partial charge in [-0.2, -0.15) is 0 Å². The van der Waals surface area contributed by atoms with Crippen molar-refractivity contribution in [1.82, 2.24) is 0 Å². The number of nitrogens with one attached hydrogen (secondary N) is 2. The van der Waals surface area contributed by atoms with E-state index in [0.717, 1.165) is 23.8 Å². The molecule has 162 valence electrons. The topological polar surface area (TPSA) is 144 Å². The predicted octanol–water partition coefficient (Wildman–Crippen LogP) is 4.33. The van der Waals surface area contributed by atoms with E-state index in [4.69, 9.17) is 0 Å². The maximum Gasteiger partial charge on any atom is 0.277 e. The molecule has 10 nitrogen and oxygen atoms in total. The molecular weight excluding hydrogens is 416 g/mol. The Hall–Kier alpha value is -4.60. The number of rotatable bonds is 8. The summed E-state index contributed by atoms with van der Waals surface area (Å²) in [5.74, 6) is -0.962. The van der Waals surface area contributed by atoms with Crippen LogP contribution in [0.2, 0.25) is 0 Å². The predicted molar refractivity (Wildman–Crippen MR) is 118 cm³/mol. The molecule has 0 aliphatic carbocycles. The second-order valence-corrected chi connectivity index (χ2v) is 6.82. The lowest BCUT2D eigenvalue weighted by Crippen LogP contribution is -2.14. The molecule has 3 aromatic carbocycles. The third kappa shape index (κ3) is 5.95. The van der Waals surface area contributed by atoms with Gasteiger partial charge in [0.05, 0.1) is 21.5 Å². The Kier molecular flexibility index (Phi) is 6.86. The van der Waals surface area contributed by atoms with Crippen LogP contribution in [0, 0.1) is 20.2 Å². The Balaban J connectivity index is 1.68. The van der Waals surface area contributed by atoms with Gasteiger partial charge in [-0.15, -0.1) is 0 Å². The van der Waals surface area contributed by atoms with Gasteiger partial charge in [0.1, 0.15) is 0 Å². The summed E-state index contributed by atoms with van der Waals surface area (Å²) in [5.41, 5.74) is 0.432. The van der Waals surface area contributed by atoms with Crippen LogP contribution in [-0.2, 0) is 11.2 Å². The maximum absolute atomic E-state index is 12.5. The quantitative estimate of drug-likeness (QED) is 0.399. The van der Waals surface area contributed by atoms with Crippen molar-refractivity contribution >= 4 is 34.6 Å². The first kappa shape index (κ1) is 22.1. The number of anilines is 2. The van der Waals surface area contributed by atoms with Crippen LogP contribution in [0.4, 0.5) is 22.7 Å². The highest BCUT2D eigenvalue weighted by Gasteiger charge is 2.20. The Labute approximate surface area is 182 Å². The van der Waals surface area contributed by atoms with Gasteiger partial charge < -0.3 is 10.6 Å². The third-order valence-corrected chi connectivity index (χ3v) is 4.47. The highest BCUT2D eigenvalue weighted by molar-refractivity contribution is 6.05. The zero-order chi connectivity index (χ0) is 23.1. The van der Waals surface area contributed by atoms with Gasteiger partial charge in [-0.05, 0) is 30.2 Å². The minimum atomic E-state index is -0.810. The number of aryl methyl sites for hydroxylation is 1. The molecule has 0 radical (unpaired) electrons. The number of nitrogens with zero attached hydrogens (tertiary/aromatic N) is 2. The second kappa shape index (κ2) is 9.94. The lowest BCUT2D eigenvalue weighted by Gasteiger charge is -2.09. The van der Waals surface area contributed by atoms with E-state index >= 15 is 0 Å². The fourth-order valence-electron chi connectivity index (χ4n) is 2.94. The van der Waals surface area contributed by atoms with Crippen LogP contribution >= 0.6 is 0 Å². The average molecular weight is 434 g/mol. The van der Waals surface area contributed by atoms with Crippen LogP contribution in [0.1, 0.15) is 22.3 Å². The minimum absolute atomic E-state index is 0.202. The third-order valence-electron chi connectivity index (χ3n) is 4.47. The van der Waals surface area contributed by atoms with Crippen molar-refractivity contribution in [2.45, 2.75) is 12.8 Å². The average Bonchev–Trinajstić information content (AvgIpc) is 2.78. The molecule has 32 heavy (non-hydrogen) atoms. The van der Waals surface area contributed by atoms with Crippen LogP contribution < -0.4 is 10.6 Å². The molecule has 0 saturated carbocycles. The first-order valence-corrected chi connectivity index (χ1v) is 9.51. The summed E-state index contributed by atoms with van der Waals surface area (Å²) in [6.45, 7) is 0. The minimum Gasteiger partial charge on any atom is -0.326 e. The van der Waals surface area contributed by atoms with Crippen molar-refractivity contribution in [1.29, 1.82) is 0 Å². The van der Waals surface area contributed by atoms with E-state index in [1.165, 1.54) is 6.07 Å². The Morgan fingerprint density at radius 2 is 1.34 bits per heavy atom. The van der Waals surface area contributed by atoms with Gasteiger partial charge >= 0.3 is 0 Å². The van der Waals surface area contributed by atoms with E-state index < -0.39 is 27.1 Å². The Bertz CT molecular complexity index is 1150. The summed E-state index contributed by atoms with van der Waals surface area (Å²) in [5, 5.41) is 27.3. The number of amides is 2. The molecule has 0 unspecified atom stereocenters. The number of hydrogen-bond acceptors (Lipinski definition) is 6. The van der Waals surface area contributed by atoms with E-state index in [9.17, 15) is 29.8 Å². The van der Waals surface area contributed by atoms with Crippen LogP contribution in [-0.4, -0.2) is 21.7 Å². The van der Waals surface area contributed by atoms with Crippen molar-refractivity contribution in [2.24, 2.45) is 0 Å². The summed E-state index contributed by atoms with van der Waals surface area (Å²) in [6, 6.07) is 18.6. The number of nitro groups is 2. The molecule has 0 atom stereocenters. The smallest absolute Gasteiger partial charge is 0.277 e. The second-order valence-electron chi connectivity index (χ2n) is 6.82. The van der Waals surface area contributed by atoms with Crippen molar-refractivity contribution in [3.63, 3.8) is 0 Å². The maximum atomic E-state index is 12.5. The van der Waals surface area contributed by atoms with Crippen molar-refractivity contribution in [3.05, 3.63) is 104 Å². The lowest BCUT2D eigenvalue weighted by atomic mass is 10.1. The molecule has 0 spiro atoms. The molecule has 0 heterocycles.